The lowest BCUT2D eigenvalue weighted by Gasteiger charge is -2.28. The molecule has 0 bridgehead atoms. The van der Waals surface area contributed by atoms with Crippen LogP contribution in [-0.4, -0.2) is 55.0 Å². The summed E-state index contributed by atoms with van der Waals surface area (Å²) >= 11 is 0. The van der Waals surface area contributed by atoms with Gasteiger partial charge < -0.3 is 25.0 Å². The van der Waals surface area contributed by atoms with Gasteiger partial charge in [-0.2, -0.15) is 5.10 Å². The Morgan fingerprint density at radius 3 is 2.50 bits per heavy atom. The number of rotatable bonds is 8. The van der Waals surface area contributed by atoms with Crippen LogP contribution in [0.1, 0.15) is 15.9 Å². The normalized spacial score (nSPS) is 13.1. The van der Waals surface area contributed by atoms with Crippen LogP contribution < -0.4 is 20.3 Å². The Morgan fingerprint density at radius 2 is 1.71 bits per heavy atom. The minimum absolute atomic E-state index is 0.179. The molecule has 1 saturated heterocycles. The van der Waals surface area contributed by atoms with Crippen LogP contribution in [0.4, 0.5) is 17.1 Å². The third-order valence-corrected chi connectivity index (χ3v) is 6.28. The zero-order valence-corrected chi connectivity index (χ0v) is 21.1. The number of ether oxygens (including phenoxy) is 2. The predicted molar refractivity (Wildman–Crippen MR) is 146 cm³/mol. The zero-order valence-electron chi connectivity index (χ0n) is 21.1. The number of benzene rings is 3. The van der Waals surface area contributed by atoms with Gasteiger partial charge >= 0.3 is 0 Å². The molecule has 194 valence electrons. The summed E-state index contributed by atoms with van der Waals surface area (Å²) in [5.41, 5.74) is 4.38. The molecule has 2 amide bonds. The minimum atomic E-state index is -0.219. The molecule has 0 spiro atoms. The van der Waals surface area contributed by atoms with E-state index < -0.39 is 0 Å². The predicted octanol–water partition coefficient (Wildman–Crippen LogP) is 4.15. The van der Waals surface area contributed by atoms with E-state index in [0.29, 0.717) is 22.7 Å². The van der Waals surface area contributed by atoms with Gasteiger partial charge in [0.05, 0.1) is 50.5 Å². The fourth-order valence-corrected chi connectivity index (χ4v) is 4.33. The molecule has 9 heteroatoms. The van der Waals surface area contributed by atoms with Crippen molar-refractivity contribution in [3.05, 3.63) is 96.3 Å². The molecule has 1 aromatic heterocycles. The van der Waals surface area contributed by atoms with Crippen LogP contribution >= 0.6 is 0 Å². The molecular formula is C29H29N5O4. The van der Waals surface area contributed by atoms with Crippen LogP contribution in [0.25, 0.3) is 5.69 Å². The molecule has 3 aromatic carbocycles. The van der Waals surface area contributed by atoms with Crippen LogP contribution in [0.3, 0.4) is 0 Å². The highest BCUT2D eigenvalue weighted by Crippen LogP contribution is 2.21. The second-order valence-corrected chi connectivity index (χ2v) is 8.86. The maximum absolute atomic E-state index is 12.9. The number of amides is 2. The molecule has 0 aliphatic carbocycles. The Hall–Kier alpha value is -4.63. The minimum Gasteiger partial charge on any atom is -0.496 e. The number of anilines is 3. The average molecular weight is 512 g/mol. The lowest BCUT2D eigenvalue weighted by molar-refractivity contribution is -0.115. The number of nitrogens with zero attached hydrogens (tertiary/aromatic N) is 3. The molecular weight excluding hydrogens is 482 g/mol. The van der Waals surface area contributed by atoms with Gasteiger partial charge in [-0.25, -0.2) is 4.68 Å². The number of hydrogen-bond acceptors (Lipinski definition) is 6. The third kappa shape index (κ3) is 6.01. The summed E-state index contributed by atoms with van der Waals surface area (Å²) in [6.45, 7) is 3.17. The zero-order chi connectivity index (χ0) is 26.3. The quantitative estimate of drug-likeness (QED) is 0.369. The summed E-state index contributed by atoms with van der Waals surface area (Å²) in [5, 5.41) is 10.2. The number of carbonyl (C=O) groups is 2. The average Bonchev–Trinajstić information content (AvgIpc) is 3.42. The lowest BCUT2D eigenvalue weighted by Crippen LogP contribution is -2.36. The molecule has 9 nitrogen and oxygen atoms in total. The topological polar surface area (TPSA) is 97.7 Å². The van der Waals surface area contributed by atoms with Gasteiger partial charge in [0.2, 0.25) is 5.91 Å². The maximum Gasteiger partial charge on any atom is 0.255 e. The Labute approximate surface area is 221 Å². The monoisotopic (exact) mass is 511 g/mol. The van der Waals surface area contributed by atoms with Gasteiger partial charge in [-0.1, -0.05) is 24.3 Å². The van der Waals surface area contributed by atoms with Gasteiger partial charge in [0.25, 0.3) is 5.91 Å². The largest absolute Gasteiger partial charge is 0.496 e. The molecule has 0 atom stereocenters. The van der Waals surface area contributed by atoms with E-state index >= 15 is 0 Å². The van der Waals surface area contributed by atoms with Crippen molar-refractivity contribution in [1.82, 2.24) is 9.78 Å². The molecule has 4 aromatic rings. The molecule has 1 aliphatic heterocycles. The molecule has 5 rings (SSSR count). The molecule has 2 N–H and O–H groups in total. The first-order valence-corrected chi connectivity index (χ1v) is 12.4. The summed E-state index contributed by atoms with van der Waals surface area (Å²) in [7, 11) is 1.58. The second-order valence-electron chi connectivity index (χ2n) is 8.86. The Balaban J connectivity index is 1.21. The molecule has 0 unspecified atom stereocenters. The lowest BCUT2D eigenvalue weighted by atomic mass is 10.1. The van der Waals surface area contributed by atoms with Gasteiger partial charge in [-0.3, -0.25) is 9.59 Å². The van der Waals surface area contributed by atoms with E-state index in [9.17, 15) is 9.59 Å². The summed E-state index contributed by atoms with van der Waals surface area (Å²) in [6, 6.07) is 22.4. The number of hydrogen-bond donors (Lipinski definition) is 2. The second kappa shape index (κ2) is 11.6. The summed E-state index contributed by atoms with van der Waals surface area (Å²) in [5.74, 6) is 0.270. The van der Waals surface area contributed by atoms with E-state index in [2.05, 4.69) is 20.6 Å². The van der Waals surface area contributed by atoms with Gasteiger partial charge in [-0.05, 0) is 48.5 Å². The fraction of sp³-hybridized carbons (Fsp3) is 0.207. The van der Waals surface area contributed by atoms with E-state index in [0.717, 1.165) is 43.2 Å². The highest BCUT2D eigenvalue weighted by atomic mass is 16.5. The van der Waals surface area contributed by atoms with Crippen molar-refractivity contribution in [2.24, 2.45) is 0 Å². The Morgan fingerprint density at radius 1 is 0.921 bits per heavy atom. The van der Waals surface area contributed by atoms with Gasteiger partial charge in [-0.15, -0.1) is 0 Å². The van der Waals surface area contributed by atoms with E-state index in [-0.39, 0.29) is 18.2 Å². The number of nitrogens with one attached hydrogen (secondary N) is 2. The summed E-state index contributed by atoms with van der Waals surface area (Å²) in [4.78, 5) is 27.7. The van der Waals surface area contributed by atoms with Crippen molar-refractivity contribution in [3.8, 4) is 11.4 Å². The van der Waals surface area contributed by atoms with Crippen molar-refractivity contribution in [2.75, 3.05) is 48.9 Å². The van der Waals surface area contributed by atoms with Crippen LogP contribution in [0, 0.1) is 0 Å². The molecule has 38 heavy (non-hydrogen) atoms. The van der Waals surface area contributed by atoms with Crippen molar-refractivity contribution in [3.63, 3.8) is 0 Å². The van der Waals surface area contributed by atoms with Gasteiger partial charge in [0.1, 0.15) is 5.75 Å². The van der Waals surface area contributed by atoms with E-state index in [1.165, 1.54) is 0 Å². The highest BCUT2D eigenvalue weighted by molar-refractivity contribution is 6.04. The number of para-hydroxylation sites is 1. The number of aromatic nitrogens is 2. The van der Waals surface area contributed by atoms with Crippen molar-refractivity contribution >= 4 is 28.9 Å². The molecule has 0 saturated carbocycles. The molecule has 1 fully saturated rings. The van der Waals surface area contributed by atoms with E-state index in [1.54, 1.807) is 42.4 Å². The fourth-order valence-electron chi connectivity index (χ4n) is 4.33. The standard InChI is InChI=1S/C29H29N5O4/c1-37-27-8-3-2-5-21(27)18-28(35)31-24-19-30-34(20-24)26-7-4-6-22(17-26)29(36)32-23-9-11-25(12-10-23)33-13-15-38-16-14-33/h2-12,17,19-20H,13-16,18H2,1H3,(H,31,35)(H,32,36). The van der Waals surface area contributed by atoms with Crippen molar-refractivity contribution in [1.29, 1.82) is 0 Å². The smallest absolute Gasteiger partial charge is 0.255 e. The molecule has 0 radical (unpaired) electrons. The third-order valence-electron chi connectivity index (χ3n) is 6.28. The Kier molecular flexibility index (Phi) is 7.65. The van der Waals surface area contributed by atoms with E-state index in [4.69, 9.17) is 9.47 Å². The highest BCUT2D eigenvalue weighted by Gasteiger charge is 2.13. The van der Waals surface area contributed by atoms with E-state index in [1.807, 2.05) is 54.6 Å². The van der Waals surface area contributed by atoms with Crippen LogP contribution in [0.15, 0.2) is 85.2 Å². The first-order valence-electron chi connectivity index (χ1n) is 12.4. The number of morpholine rings is 1. The van der Waals surface area contributed by atoms with Crippen molar-refractivity contribution in [2.45, 2.75) is 6.42 Å². The van der Waals surface area contributed by atoms with Gasteiger partial charge in [0.15, 0.2) is 0 Å². The molecule has 1 aliphatic rings. The van der Waals surface area contributed by atoms with Crippen LogP contribution in [-0.2, 0) is 16.0 Å². The van der Waals surface area contributed by atoms with Crippen LogP contribution in [0.5, 0.6) is 5.75 Å². The first-order chi connectivity index (χ1) is 18.6. The molecule has 2 heterocycles. The number of methoxy groups -OCH3 is 1. The van der Waals surface area contributed by atoms with Gasteiger partial charge in [0, 0.05) is 35.6 Å². The van der Waals surface area contributed by atoms with Crippen molar-refractivity contribution < 1.29 is 19.1 Å². The summed E-state index contributed by atoms with van der Waals surface area (Å²) < 4.78 is 12.3. The Bertz CT molecular complexity index is 1410. The number of carbonyl (C=O) groups excluding carboxylic acids is 2. The SMILES string of the molecule is COc1ccccc1CC(=O)Nc1cnn(-c2cccc(C(=O)Nc3ccc(N4CCOCC4)cc3)c2)c1. The maximum atomic E-state index is 12.9. The summed E-state index contributed by atoms with van der Waals surface area (Å²) in [6.07, 6.45) is 3.46. The first kappa shape index (κ1) is 25.0. The van der Waals surface area contributed by atoms with Crippen LogP contribution in [0.2, 0.25) is 0 Å².